The first-order valence-electron chi connectivity index (χ1n) is 6.11. The van der Waals surface area contributed by atoms with Gasteiger partial charge in [0.25, 0.3) is 0 Å². The summed E-state index contributed by atoms with van der Waals surface area (Å²) < 4.78 is 26.9. The van der Waals surface area contributed by atoms with Crippen LogP contribution < -0.4 is 10.0 Å². The Hall–Kier alpha value is -1.18. The monoisotopic (exact) mass is 319 g/mol. The molecule has 1 unspecified atom stereocenters. The Labute approximate surface area is 124 Å². The molecule has 1 heterocycles. The Bertz CT molecular complexity index is 575. The summed E-state index contributed by atoms with van der Waals surface area (Å²) in [6, 6.07) is 0.536. The number of sulfonamides is 1. The lowest BCUT2D eigenvalue weighted by molar-refractivity contribution is -0.122. The van der Waals surface area contributed by atoms with E-state index in [9.17, 15) is 13.2 Å². The van der Waals surface area contributed by atoms with Crippen LogP contribution in [0.15, 0.2) is 23.4 Å². The van der Waals surface area contributed by atoms with Gasteiger partial charge >= 0.3 is 0 Å². The van der Waals surface area contributed by atoms with E-state index in [0.29, 0.717) is 6.42 Å². The smallest absolute Gasteiger partial charge is 0.244 e. The van der Waals surface area contributed by atoms with Crippen molar-refractivity contribution in [2.75, 3.05) is 7.05 Å². The van der Waals surface area contributed by atoms with Crippen LogP contribution in [0.1, 0.15) is 20.3 Å². The molecule has 0 bridgehead atoms. The van der Waals surface area contributed by atoms with Crippen molar-refractivity contribution < 1.29 is 13.2 Å². The highest BCUT2D eigenvalue weighted by molar-refractivity contribution is 7.89. The number of likely N-dealkylation sites (N-methyl/N-ethyl adjacent to an activating group) is 1. The van der Waals surface area contributed by atoms with Crippen LogP contribution in [-0.2, 0) is 14.8 Å². The van der Waals surface area contributed by atoms with Gasteiger partial charge in [-0.3, -0.25) is 9.78 Å². The summed E-state index contributed by atoms with van der Waals surface area (Å²) in [6.07, 6.45) is 2.93. The van der Waals surface area contributed by atoms with Crippen LogP contribution in [0.4, 0.5) is 0 Å². The zero-order chi connectivity index (χ0) is 15.3. The van der Waals surface area contributed by atoms with Gasteiger partial charge in [-0.2, -0.15) is 4.72 Å². The highest BCUT2D eigenvalue weighted by Crippen LogP contribution is 2.20. The molecule has 0 aliphatic carbocycles. The molecule has 1 rings (SSSR count). The predicted molar refractivity (Wildman–Crippen MR) is 76.9 cm³/mol. The Kier molecular flexibility index (Phi) is 5.91. The van der Waals surface area contributed by atoms with Crippen LogP contribution in [0.5, 0.6) is 0 Å². The van der Waals surface area contributed by atoms with Crippen LogP contribution in [-0.4, -0.2) is 32.4 Å². The number of nitrogens with one attached hydrogen (secondary N) is 2. The number of aromatic nitrogens is 1. The lowest BCUT2D eigenvalue weighted by atomic mass is 10.0. The fraction of sp³-hybridized carbons (Fsp3) is 0.500. The van der Waals surface area contributed by atoms with Crippen LogP contribution in [0.25, 0.3) is 0 Å². The van der Waals surface area contributed by atoms with Gasteiger partial charge in [0.15, 0.2) is 0 Å². The summed E-state index contributed by atoms with van der Waals surface area (Å²) in [7, 11) is -2.44. The number of hydrogen-bond acceptors (Lipinski definition) is 4. The van der Waals surface area contributed by atoms with Crippen molar-refractivity contribution in [3.8, 4) is 0 Å². The molecule has 20 heavy (non-hydrogen) atoms. The quantitative estimate of drug-likeness (QED) is 0.824. The molecule has 1 amide bonds. The molecule has 0 aliphatic rings. The van der Waals surface area contributed by atoms with E-state index in [4.69, 9.17) is 11.6 Å². The Balaban J connectivity index is 3.03. The zero-order valence-corrected chi connectivity index (χ0v) is 13.1. The highest BCUT2D eigenvalue weighted by Gasteiger charge is 2.27. The average Bonchev–Trinajstić information content (AvgIpc) is 2.36. The summed E-state index contributed by atoms with van der Waals surface area (Å²) in [5.74, 6) is -0.230. The first-order chi connectivity index (χ1) is 9.27. The van der Waals surface area contributed by atoms with Crippen molar-refractivity contribution in [2.24, 2.45) is 5.92 Å². The third-order valence-electron chi connectivity index (χ3n) is 2.59. The maximum Gasteiger partial charge on any atom is 0.244 e. The second-order valence-electron chi connectivity index (χ2n) is 4.72. The molecule has 0 aliphatic heterocycles. The van der Waals surface area contributed by atoms with Gasteiger partial charge in [0.2, 0.25) is 15.9 Å². The topological polar surface area (TPSA) is 88.2 Å². The van der Waals surface area contributed by atoms with E-state index in [1.54, 1.807) is 0 Å². The fourth-order valence-electron chi connectivity index (χ4n) is 1.67. The molecular formula is C12H18ClN3O3S. The minimum absolute atomic E-state index is 0.0627. The lowest BCUT2D eigenvalue weighted by Crippen LogP contribution is -2.46. The maximum absolute atomic E-state index is 12.2. The molecule has 0 spiro atoms. The Morgan fingerprint density at radius 1 is 1.45 bits per heavy atom. The van der Waals surface area contributed by atoms with Crippen molar-refractivity contribution in [2.45, 2.75) is 31.2 Å². The van der Waals surface area contributed by atoms with Gasteiger partial charge in [-0.15, -0.1) is 0 Å². The average molecular weight is 320 g/mol. The van der Waals surface area contributed by atoms with Gasteiger partial charge in [0, 0.05) is 19.4 Å². The van der Waals surface area contributed by atoms with E-state index in [1.807, 2.05) is 13.8 Å². The number of hydrogen-bond donors (Lipinski definition) is 2. The SMILES string of the molecule is CNC(=O)C(CC(C)C)NS(=O)(=O)c1cnccc1Cl. The van der Waals surface area contributed by atoms with Gasteiger partial charge in [0.1, 0.15) is 10.9 Å². The molecule has 0 radical (unpaired) electrons. The summed E-state index contributed by atoms with van der Waals surface area (Å²) in [6.45, 7) is 3.81. The molecule has 2 N–H and O–H groups in total. The predicted octanol–water partition coefficient (Wildman–Crippen LogP) is 1.17. The van der Waals surface area contributed by atoms with E-state index < -0.39 is 16.1 Å². The van der Waals surface area contributed by atoms with Crippen molar-refractivity contribution in [3.63, 3.8) is 0 Å². The number of nitrogens with zero attached hydrogens (tertiary/aromatic N) is 1. The van der Waals surface area contributed by atoms with Gasteiger partial charge < -0.3 is 5.32 Å². The van der Waals surface area contributed by atoms with Crippen molar-refractivity contribution in [1.29, 1.82) is 0 Å². The lowest BCUT2D eigenvalue weighted by Gasteiger charge is -2.19. The standard InChI is InChI=1S/C12H18ClN3O3S/c1-8(2)6-10(12(17)14-3)16-20(18,19)11-7-15-5-4-9(11)13/h4-5,7-8,10,16H,6H2,1-3H3,(H,14,17). The van der Waals surface area contributed by atoms with Gasteiger partial charge in [-0.1, -0.05) is 25.4 Å². The molecule has 1 aromatic rings. The van der Waals surface area contributed by atoms with Crippen molar-refractivity contribution >= 4 is 27.5 Å². The summed E-state index contributed by atoms with van der Waals surface area (Å²) in [5, 5.41) is 2.51. The minimum Gasteiger partial charge on any atom is -0.358 e. The van der Waals surface area contributed by atoms with E-state index in [2.05, 4.69) is 15.0 Å². The number of carbonyl (C=O) groups is 1. The van der Waals surface area contributed by atoms with Gasteiger partial charge in [0.05, 0.1) is 5.02 Å². The number of halogens is 1. The molecule has 0 saturated carbocycles. The van der Waals surface area contributed by atoms with Gasteiger partial charge in [-0.25, -0.2) is 8.42 Å². The number of carbonyl (C=O) groups excluding carboxylic acids is 1. The third kappa shape index (κ3) is 4.43. The molecule has 8 heteroatoms. The molecule has 112 valence electrons. The first-order valence-corrected chi connectivity index (χ1v) is 7.97. The first kappa shape index (κ1) is 16.9. The minimum atomic E-state index is -3.90. The Morgan fingerprint density at radius 3 is 2.60 bits per heavy atom. The zero-order valence-electron chi connectivity index (χ0n) is 11.6. The van der Waals surface area contributed by atoms with E-state index >= 15 is 0 Å². The molecule has 0 aromatic carbocycles. The second kappa shape index (κ2) is 7.01. The molecule has 6 nitrogen and oxygen atoms in total. The number of amides is 1. The fourth-order valence-corrected chi connectivity index (χ4v) is 3.30. The molecule has 0 saturated heterocycles. The van der Waals surface area contributed by atoms with Crippen molar-refractivity contribution in [3.05, 3.63) is 23.5 Å². The molecule has 1 atom stereocenters. The Morgan fingerprint density at radius 2 is 2.10 bits per heavy atom. The highest BCUT2D eigenvalue weighted by atomic mass is 35.5. The van der Waals surface area contributed by atoms with Crippen LogP contribution >= 0.6 is 11.6 Å². The number of rotatable bonds is 6. The van der Waals surface area contributed by atoms with Gasteiger partial charge in [-0.05, 0) is 18.4 Å². The van der Waals surface area contributed by atoms with Crippen LogP contribution in [0, 0.1) is 5.92 Å². The van der Waals surface area contributed by atoms with Crippen LogP contribution in [0.3, 0.4) is 0 Å². The number of pyridine rings is 1. The largest absolute Gasteiger partial charge is 0.358 e. The summed E-state index contributed by atoms with van der Waals surface area (Å²) in [5.41, 5.74) is 0. The molecule has 1 aromatic heterocycles. The van der Waals surface area contributed by atoms with E-state index in [0.717, 1.165) is 6.20 Å². The summed E-state index contributed by atoms with van der Waals surface area (Å²) >= 11 is 5.85. The molecule has 0 fully saturated rings. The summed E-state index contributed by atoms with van der Waals surface area (Å²) in [4.78, 5) is 15.4. The third-order valence-corrected chi connectivity index (χ3v) is 4.53. The van der Waals surface area contributed by atoms with Crippen LogP contribution in [0.2, 0.25) is 5.02 Å². The van der Waals surface area contributed by atoms with E-state index in [-0.39, 0.29) is 21.7 Å². The maximum atomic E-state index is 12.2. The normalized spacial score (nSPS) is 13.2. The van der Waals surface area contributed by atoms with Crippen molar-refractivity contribution in [1.82, 2.24) is 15.0 Å². The second-order valence-corrected chi connectivity index (χ2v) is 6.81. The van der Waals surface area contributed by atoms with E-state index in [1.165, 1.54) is 19.3 Å². The molecular weight excluding hydrogens is 302 g/mol.